The minimum atomic E-state index is 0.489. The molecule has 0 radical (unpaired) electrons. The van der Waals surface area contributed by atoms with E-state index < -0.39 is 0 Å². The molecule has 2 aliphatic carbocycles. The predicted octanol–water partition coefficient (Wildman–Crippen LogP) is 4.85. The molecule has 2 aliphatic rings. The van der Waals surface area contributed by atoms with E-state index in [1.807, 2.05) is 0 Å². The van der Waals surface area contributed by atoms with Crippen molar-refractivity contribution in [3.8, 4) is 5.75 Å². The summed E-state index contributed by atoms with van der Waals surface area (Å²) in [5.41, 5.74) is 1.41. The van der Waals surface area contributed by atoms with Gasteiger partial charge in [-0.25, -0.2) is 0 Å². The van der Waals surface area contributed by atoms with Crippen molar-refractivity contribution in [3.63, 3.8) is 0 Å². The lowest BCUT2D eigenvalue weighted by Crippen LogP contribution is -2.21. The van der Waals surface area contributed by atoms with E-state index in [0.717, 1.165) is 18.2 Å². The van der Waals surface area contributed by atoms with Gasteiger partial charge in [-0.3, -0.25) is 0 Å². The smallest absolute Gasteiger partial charge is 0.119 e. The maximum absolute atomic E-state index is 5.84. The Balaban J connectivity index is 1.55. The molecule has 1 aromatic carbocycles. The second-order valence-corrected chi connectivity index (χ2v) is 6.72. The molecule has 2 nitrogen and oxygen atoms in total. The largest absolute Gasteiger partial charge is 0.490 e. The molecule has 2 saturated carbocycles. The van der Waals surface area contributed by atoms with E-state index in [-0.39, 0.29) is 0 Å². The van der Waals surface area contributed by atoms with Gasteiger partial charge in [0.15, 0.2) is 0 Å². The van der Waals surface area contributed by atoms with Gasteiger partial charge in [0.2, 0.25) is 0 Å². The molecule has 0 amide bonds. The summed E-state index contributed by atoms with van der Waals surface area (Å²) in [6, 6.07) is 9.30. The molecule has 2 heteroatoms. The number of rotatable bonds is 8. The fraction of sp³-hybridized carbons (Fsp3) is 0.684. The molecule has 0 spiro atoms. The molecular formula is C19H29NO. The summed E-state index contributed by atoms with van der Waals surface area (Å²) in [6.07, 6.45) is 11.4. The molecule has 21 heavy (non-hydrogen) atoms. The third kappa shape index (κ3) is 4.47. The Labute approximate surface area is 129 Å². The summed E-state index contributed by atoms with van der Waals surface area (Å²) in [5, 5.41) is 3.65. The van der Waals surface area contributed by atoms with Crippen molar-refractivity contribution >= 4 is 0 Å². The van der Waals surface area contributed by atoms with E-state index >= 15 is 0 Å². The maximum atomic E-state index is 5.84. The zero-order chi connectivity index (χ0) is 14.5. The zero-order valence-corrected chi connectivity index (χ0v) is 13.3. The SMILES string of the molecule is CCNC(CCC1CCCC1)c1ccc(OC2CC2)cc1. The van der Waals surface area contributed by atoms with Gasteiger partial charge in [-0.1, -0.05) is 44.7 Å². The monoisotopic (exact) mass is 287 g/mol. The van der Waals surface area contributed by atoms with E-state index in [2.05, 4.69) is 36.5 Å². The summed E-state index contributed by atoms with van der Waals surface area (Å²) in [5.74, 6) is 2.01. The normalized spacial score (nSPS) is 20.6. The molecule has 1 atom stereocenters. The van der Waals surface area contributed by atoms with Crippen LogP contribution in [0.2, 0.25) is 0 Å². The van der Waals surface area contributed by atoms with Crippen molar-refractivity contribution in [1.82, 2.24) is 5.32 Å². The Morgan fingerprint density at radius 1 is 1.10 bits per heavy atom. The second-order valence-electron chi connectivity index (χ2n) is 6.72. The Morgan fingerprint density at radius 3 is 2.43 bits per heavy atom. The summed E-state index contributed by atoms with van der Waals surface area (Å²) in [6.45, 7) is 3.24. The standard InChI is InChI=1S/C19H29NO/c1-2-20-19(14-7-15-5-3-4-6-15)16-8-10-17(11-9-16)21-18-12-13-18/h8-11,15,18-20H,2-7,12-14H2,1H3. The Hall–Kier alpha value is -1.02. The van der Waals surface area contributed by atoms with Crippen molar-refractivity contribution in [2.75, 3.05) is 6.54 Å². The molecule has 3 rings (SSSR count). The van der Waals surface area contributed by atoms with E-state index in [9.17, 15) is 0 Å². The summed E-state index contributed by atoms with van der Waals surface area (Å²) < 4.78 is 5.84. The number of hydrogen-bond donors (Lipinski definition) is 1. The first-order valence-corrected chi connectivity index (χ1v) is 8.85. The molecule has 1 N–H and O–H groups in total. The van der Waals surface area contributed by atoms with Crippen LogP contribution in [0.1, 0.15) is 69.9 Å². The highest BCUT2D eigenvalue weighted by Crippen LogP contribution is 2.32. The molecule has 0 heterocycles. The highest BCUT2D eigenvalue weighted by atomic mass is 16.5. The van der Waals surface area contributed by atoms with Crippen molar-refractivity contribution in [2.24, 2.45) is 5.92 Å². The van der Waals surface area contributed by atoms with Crippen molar-refractivity contribution in [3.05, 3.63) is 29.8 Å². The first-order valence-electron chi connectivity index (χ1n) is 8.85. The van der Waals surface area contributed by atoms with E-state index in [1.165, 1.54) is 56.9 Å². The molecule has 0 bridgehead atoms. The van der Waals surface area contributed by atoms with Gasteiger partial charge >= 0.3 is 0 Å². The third-order valence-electron chi connectivity index (χ3n) is 4.90. The average Bonchev–Trinajstić information content (AvgIpc) is 3.16. The van der Waals surface area contributed by atoms with Gasteiger partial charge in [-0.15, -0.1) is 0 Å². The van der Waals surface area contributed by atoms with E-state index in [1.54, 1.807) is 0 Å². The van der Waals surface area contributed by atoms with E-state index in [0.29, 0.717) is 12.1 Å². The first-order chi connectivity index (χ1) is 10.3. The Morgan fingerprint density at radius 2 is 1.81 bits per heavy atom. The van der Waals surface area contributed by atoms with Crippen LogP contribution in [0.4, 0.5) is 0 Å². The van der Waals surface area contributed by atoms with Gasteiger partial charge in [-0.2, -0.15) is 0 Å². The number of ether oxygens (including phenoxy) is 1. The van der Waals surface area contributed by atoms with Gasteiger partial charge in [-0.05, 0) is 55.8 Å². The molecule has 1 aromatic rings. The molecule has 2 fully saturated rings. The molecule has 1 unspecified atom stereocenters. The number of hydrogen-bond acceptors (Lipinski definition) is 2. The lowest BCUT2D eigenvalue weighted by Gasteiger charge is -2.20. The number of benzene rings is 1. The van der Waals surface area contributed by atoms with Gasteiger partial charge in [0, 0.05) is 6.04 Å². The quantitative estimate of drug-likeness (QED) is 0.738. The van der Waals surface area contributed by atoms with Crippen LogP contribution in [0.3, 0.4) is 0 Å². The average molecular weight is 287 g/mol. The molecule has 116 valence electrons. The van der Waals surface area contributed by atoms with Crippen LogP contribution in [0, 0.1) is 5.92 Å². The van der Waals surface area contributed by atoms with Gasteiger partial charge in [0.25, 0.3) is 0 Å². The van der Waals surface area contributed by atoms with Gasteiger partial charge < -0.3 is 10.1 Å². The van der Waals surface area contributed by atoms with Crippen LogP contribution in [-0.4, -0.2) is 12.6 Å². The molecular weight excluding hydrogens is 258 g/mol. The lowest BCUT2D eigenvalue weighted by molar-refractivity contribution is 0.303. The fourth-order valence-electron chi connectivity index (χ4n) is 3.49. The highest BCUT2D eigenvalue weighted by Gasteiger charge is 2.23. The fourth-order valence-corrected chi connectivity index (χ4v) is 3.49. The van der Waals surface area contributed by atoms with Crippen LogP contribution in [0.25, 0.3) is 0 Å². The van der Waals surface area contributed by atoms with Crippen molar-refractivity contribution in [2.45, 2.75) is 70.4 Å². The molecule has 0 aromatic heterocycles. The van der Waals surface area contributed by atoms with E-state index in [4.69, 9.17) is 4.74 Å². The molecule has 0 aliphatic heterocycles. The van der Waals surface area contributed by atoms with Gasteiger partial charge in [0.1, 0.15) is 5.75 Å². The van der Waals surface area contributed by atoms with Crippen molar-refractivity contribution < 1.29 is 4.74 Å². The third-order valence-corrected chi connectivity index (χ3v) is 4.90. The van der Waals surface area contributed by atoms with Crippen LogP contribution >= 0.6 is 0 Å². The topological polar surface area (TPSA) is 21.3 Å². The summed E-state index contributed by atoms with van der Waals surface area (Å²) in [7, 11) is 0. The maximum Gasteiger partial charge on any atom is 0.119 e. The van der Waals surface area contributed by atoms with Crippen LogP contribution in [-0.2, 0) is 0 Å². The minimum absolute atomic E-state index is 0.489. The second kappa shape index (κ2) is 7.31. The number of nitrogens with one attached hydrogen (secondary N) is 1. The summed E-state index contributed by atoms with van der Waals surface area (Å²) >= 11 is 0. The minimum Gasteiger partial charge on any atom is -0.490 e. The van der Waals surface area contributed by atoms with Crippen molar-refractivity contribution in [1.29, 1.82) is 0 Å². The summed E-state index contributed by atoms with van der Waals surface area (Å²) in [4.78, 5) is 0. The zero-order valence-electron chi connectivity index (χ0n) is 13.3. The van der Waals surface area contributed by atoms with Gasteiger partial charge in [0.05, 0.1) is 6.10 Å². The predicted molar refractivity (Wildman–Crippen MR) is 87.7 cm³/mol. The first kappa shape index (κ1) is 14.9. The lowest BCUT2D eigenvalue weighted by atomic mass is 9.95. The highest BCUT2D eigenvalue weighted by molar-refractivity contribution is 5.29. The molecule has 0 saturated heterocycles. The van der Waals surface area contributed by atoms with Crippen LogP contribution in [0.5, 0.6) is 5.75 Å². The van der Waals surface area contributed by atoms with Crippen LogP contribution < -0.4 is 10.1 Å². The Kier molecular flexibility index (Phi) is 5.18. The Bertz CT molecular complexity index is 418. The van der Waals surface area contributed by atoms with Crippen LogP contribution in [0.15, 0.2) is 24.3 Å².